The molecule has 1 aromatic carbocycles. The van der Waals surface area contributed by atoms with Crippen LogP contribution in [-0.4, -0.2) is 19.2 Å². The smallest absolute Gasteiger partial charge is 0.133 e. The number of nitrogens with one attached hydrogen (secondary N) is 1. The first kappa shape index (κ1) is 14.9. The predicted octanol–water partition coefficient (Wildman–Crippen LogP) is 4.45. The van der Waals surface area contributed by atoms with Crippen LogP contribution in [0.4, 0.5) is 0 Å². The summed E-state index contributed by atoms with van der Waals surface area (Å²) in [5.74, 6) is 0.947. The van der Waals surface area contributed by atoms with Gasteiger partial charge in [0.05, 0.1) is 11.1 Å². The van der Waals surface area contributed by atoms with E-state index in [9.17, 15) is 0 Å². The third-order valence-corrected chi connectivity index (χ3v) is 4.32. The van der Waals surface area contributed by atoms with Crippen LogP contribution in [0.3, 0.4) is 0 Å². The van der Waals surface area contributed by atoms with Crippen molar-refractivity contribution >= 4 is 15.9 Å². The first-order valence-corrected chi connectivity index (χ1v) is 8.17. The van der Waals surface area contributed by atoms with Crippen LogP contribution in [0.15, 0.2) is 22.7 Å². The largest absolute Gasteiger partial charge is 0.492 e. The van der Waals surface area contributed by atoms with E-state index < -0.39 is 0 Å². The van der Waals surface area contributed by atoms with Gasteiger partial charge in [-0.25, -0.2) is 0 Å². The Balaban J connectivity index is 1.61. The van der Waals surface area contributed by atoms with Gasteiger partial charge in [0.25, 0.3) is 0 Å². The van der Waals surface area contributed by atoms with Crippen molar-refractivity contribution in [1.29, 1.82) is 0 Å². The van der Waals surface area contributed by atoms with Crippen LogP contribution >= 0.6 is 15.9 Å². The molecule has 2 rings (SSSR count). The molecule has 19 heavy (non-hydrogen) atoms. The standard InChI is InChI=1S/C16H24BrNO/c1-13-8-9-16(15(17)12-13)19-11-5-10-18-14-6-3-2-4-7-14/h8-9,12,14,18H,2-7,10-11H2,1H3. The maximum atomic E-state index is 5.79. The van der Waals surface area contributed by atoms with Crippen molar-refractivity contribution in [3.63, 3.8) is 0 Å². The first-order valence-electron chi connectivity index (χ1n) is 7.38. The van der Waals surface area contributed by atoms with Gasteiger partial charge in [-0.15, -0.1) is 0 Å². The lowest BCUT2D eigenvalue weighted by Gasteiger charge is -2.22. The van der Waals surface area contributed by atoms with Gasteiger partial charge in [-0.1, -0.05) is 25.3 Å². The van der Waals surface area contributed by atoms with Gasteiger partial charge in [0.1, 0.15) is 5.75 Å². The van der Waals surface area contributed by atoms with Crippen LogP contribution in [-0.2, 0) is 0 Å². The van der Waals surface area contributed by atoms with Gasteiger partial charge in [0.2, 0.25) is 0 Å². The Morgan fingerprint density at radius 3 is 2.79 bits per heavy atom. The summed E-state index contributed by atoms with van der Waals surface area (Å²) in [7, 11) is 0. The van der Waals surface area contributed by atoms with E-state index in [0.29, 0.717) is 0 Å². The number of ether oxygens (including phenoxy) is 1. The number of aryl methyl sites for hydroxylation is 1. The molecule has 0 saturated heterocycles. The van der Waals surface area contributed by atoms with Gasteiger partial charge < -0.3 is 10.1 Å². The summed E-state index contributed by atoms with van der Waals surface area (Å²) in [5, 5.41) is 3.64. The highest BCUT2D eigenvalue weighted by atomic mass is 79.9. The molecule has 3 heteroatoms. The second kappa shape index (κ2) is 7.91. The highest BCUT2D eigenvalue weighted by Crippen LogP contribution is 2.25. The predicted molar refractivity (Wildman–Crippen MR) is 83.9 cm³/mol. The average molecular weight is 326 g/mol. The molecular formula is C16H24BrNO. The van der Waals surface area contributed by atoms with Gasteiger partial charge >= 0.3 is 0 Å². The zero-order chi connectivity index (χ0) is 13.5. The van der Waals surface area contributed by atoms with E-state index >= 15 is 0 Å². The van der Waals surface area contributed by atoms with Crippen molar-refractivity contribution in [2.75, 3.05) is 13.2 Å². The molecule has 106 valence electrons. The molecule has 0 heterocycles. The summed E-state index contributed by atoms with van der Waals surface area (Å²) in [4.78, 5) is 0. The van der Waals surface area contributed by atoms with Crippen molar-refractivity contribution in [2.24, 2.45) is 0 Å². The molecule has 1 fully saturated rings. The minimum atomic E-state index is 0.750. The van der Waals surface area contributed by atoms with Crippen LogP contribution in [0.25, 0.3) is 0 Å². The minimum Gasteiger partial charge on any atom is -0.492 e. The maximum absolute atomic E-state index is 5.79. The van der Waals surface area contributed by atoms with Crippen LogP contribution in [0.2, 0.25) is 0 Å². The maximum Gasteiger partial charge on any atom is 0.133 e. The summed E-state index contributed by atoms with van der Waals surface area (Å²) in [5.41, 5.74) is 1.25. The molecule has 2 nitrogen and oxygen atoms in total. The van der Waals surface area contributed by atoms with Gasteiger partial charge in [-0.2, -0.15) is 0 Å². The van der Waals surface area contributed by atoms with Gasteiger partial charge in [0.15, 0.2) is 0 Å². The van der Waals surface area contributed by atoms with Crippen molar-refractivity contribution < 1.29 is 4.74 Å². The van der Waals surface area contributed by atoms with E-state index in [0.717, 1.165) is 35.8 Å². The Hall–Kier alpha value is -0.540. The molecule has 1 N–H and O–H groups in total. The summed E-state index contributed by atoms with van der Waals surface area (Å²) in [6.07, 6.45) is 7.98. The Morgan fingerprint density at radius 2 is 2.05 bits per heavy atom. The lowest BCUT2D eigenvalue weighted by Crippen LogP contribution is -2.32. The fourth-order valence-corrected chi connectivity index (χ4v) is 3.20. The molecule has 0 aromatic heterocycles. The van der Waals surface area contributed by atoms with E-state index in [-0.39, 0.29) is 0 Å². The van der Waals surface area contributed by atoms with E-state index in [1.165, 1.54) is 37.7 Å². The molecule has 1 aliphatic carbocycles. The topological polar surface area (TPSA) is 21.3 Å². The summed E-state index contributed by atoms with van der Waals surface area (Å²) in [6.45, 7) is 3.93. The molecule has 0 bridgehead atoms. The van der Waals surface area contributed by atoms with Crippen molar-refractivity contribution in [3.05, 3.63) is 28.2 Å². The lowest BCUT2D eigenvalue weighted by atomic mass is 9.95. The monoisotopic (exact) mass is 325 g/mol. The van der Waals surface area contributed by atoms with Crippen LogP contribution < -0.4 is 10.1 Å². The highest BCUT2D eigenvalue weighted by molar-refractivity contribution is 9.10. The molecule has 0 unspecified atom stereocenters. The second-order valence-electron chi connectivity index (χ2n) is 5.42. The van der Waals surface area contributed by atoms with E-state index in [1.54, 1.807) is 0 Å². The quantitative estimate of drug-likeness (QED) is 0.780. The molecule has 0 aliphatic heterocycles. The van der Waals surface area contributed by atoms with Gasteiger partial charge in [-0.3, -0.25) is 0 Å². The SMILES string of the molecule is Cc1ccc(OCCCNC2CCCCC2)c(Br)c1. The molecule has 0 spiro atoms. The fraction of sp³-hybridized carbons (Fsp3) is 0.625. The number of hydrogen-bond donors (Lipinski definition) is 1. The minimum absolute atomic E-state index is 0.750. The summed E-state index contributed by atoms with van der Waals surface area (Å²) < 4.78 is 6.84. The zero-order valence-electron chi connectivity index (χ0n) is 11.8. The Kier molecular flexibility index (Phi) is 6.18. The van der Waals surface area contributed by atoms with Gasteiger partial charge in [0, 0.05) is 6.04 Å². The molecule has 0 atom stereocenters. The molecule has 0 amide bonds. The Labute approximate surface area is 125 Å². The average Bonchev–Trinajstić information content (AvgIpc) is 2.42. The number of hydrogen-bond acceptors (Lipinski definition) is 2. The zero-order valence-corrected chi connectivity index (χ0v) is 13.3. The highest BCUT2D eigenvalue weighted by Gasteiger charge is 2.11. The summed E-state index contributed by atoms with van der Waals surface area (Å²) in [6, 6.07) is 6.96. The van der Waals surface area contributed by atoms with Crippen LogP contribution in [0.1, 0.15) is 44.1 Å². The van der Waals surface area contributed by atoms with E-state index in [1.807, 2.05) is 6.07 Å². The third kappa shape index (κ3) is 5.15. The van der Waals surface area contributed by atoms with Crippen LogP contribution in [0.5, 0.6) is 5.75 Å². The number of halogens is 1. The number of rotatable bonds is 6. The van der Waals surface area contributed by atoms with E-state index in [2.05, 4.69) is 40.3 Å². The third-order valence-electron chi connectivity index (χ3n) is 3.70. The molecule has 0 radical (unpaired) electrons. The molecular weight excluding hydrogens is 302 g/mol. The molecule has 1 saturated carbocycles. The molecule has 1 aromatic rings. The lowest BCUT2D eigenvalue weighted by molar-refractivity contribution is 0.295. The molecule has 1 aliphatic rings. The van der Waals surface area contributed by atoms with Crippen LogP contribution in [0, 0.1) is 6.92 Å². The first-order chi connectivity index (χ1) is 9.25. The number of benzene rings is 1. The van der Waals surface area contributed by atoms with Crippen molar-refractivity contribution in [1.82, 2.24) is 5.32 Å². The Bertz CT molecular complexity index is 388. The van der Waals surface area contributed by atoms with Crippen molar-refractivity contribution in [2.45, 2.75) is 51.5 Å². The second-order valence-corrected chi connectivity index (χ2v) is 6.28. The van der Waals surface area contributed by atoms with E-state index in [4.69, 9.17) is 4.74 Å². The van der Waals surface area contributed by atoms with Gasteiger partial charge in [-0.05, 0) is 66.4 Å². The normalized spacial score (nSPS) is 16.5. The summed E-state index contributed by atoms with van der Waals surface area (Å²) >= 11 is 3.54. The fourth-order valence-electron chi connectivity index (χ4n) is 2.59. The van der Waals surface area contributed by atoms with Crippen molar-refractivity contribution in [3.8, 4) is 5.75 Å². The Morgan fingerprint density at radius 1 is 1.26 bits per heavy atom.